The molecule has 0 bridgehead atoms. The van der Waals surface area contributed by atoms with Crippen molar-refractivity contribution >= 4 is 11.9 Å². The molecule has 21 heavy (non-hydrogen) atoms. The van der Waals surface area contributed by atoms with Gasteiger partial charge in [-0.15, -0.1) is 0 Å². The summed E-state index contributed by atoms with van der Waals surface area (Å²) in [5.41, 5.74) is 10.4. The number of methoxy groups -OCH3 is 1. The molecule has 124 valence electrons. The van der Waals surface area contributed by atoms with Crippen LogP contribution in [0.5, 0.6) is 0 Å². The van der Waals surface area contributed by atoms with Crippen molar-refractivity contribution in [2.45, 2.75) is 6.92 Å². The lowest BCUT2D eigenvalue weighted by molar-refractivity contribution is -0.145. The van der Waals surface area contributed by atoms with E-state index in [-0.39, 0.29) is 17.8 Å². The predicted molar refractivity (Wildman–Crippen MR) is 81.0 cm³/mol. The van der Waals surface area contributed by atoms with E-state index in [1.54, 1.807) is 0 Å². The standard InChI is InChI=1S/C13H28N4O4/c1-11(12(18)19-3)10-17(2)5-7-21-9-8-20-6-4-16-13(14)15/h11H,4-10H2,1-3H3,(H4,14,15,16). The van der Waals surface area contributed by atoms with Crippen molar-refractivity contribution < 1.29 is 19.0 Å². The van der Waals surface area contributed by atoms with Crippen LogP contribution in [-0.2, 0) is 19.0 Å². The molecule has 0 radical (unpaired) electrons. The molecule has 0 heterocycles. The van der Waals surface area contributed by atoms with E-state index in [0.29, 0.717) is 39.5 Å². The average molecular weight is 304 g/mol. The van der Waals surface area contributed by atoms with Crippen LogP contribution in [0.15, 0.2) is 4.99 Å². The Hall–Kier alpha value is -1.38. The Labute approximate surface area is 126 Å². The van der Waals surface area contributed by atoms with Gasteiger partial charge in [0.1, 0.15) is 0 Å². The first-order valence-electron chi connectivity index (χ1n) is 6.94. The molecule has 4 N–H and O–H groups in total. The van der Waals surface area contributed by atoms with E-state index in [2.05, 4.69) is 9.73 Å². The quantitative estimate of drug-likeness (QED) is 0.206. The summed E-state index contributed by atoms with van der Waals surface area (Å²) in [4.78, 5) is 17.1. The molecule has 8 nitrogen and oxygen atoms in total. The summed E-state index contributed by atoms with van der Waals surface area (Å²) in [6.07, 6.45) is 0. The van der Waals surface area contributed by atoms with E-state index < -0.39 is 0 Å². The molecular weight excluding hydrogens is 276 g/mol. The van der Waals surface area contributed by atoms with Crippen molar-refractivity contribution in [2.75, 3.05) is 60.2 Å². The van der Waals surface area contributed by atoms with E-state index in [0.717, 1.165) is 6.54 Å². The number of carbonyl (C=O) groups is 1. The summed E-state index contributed by atoms with van der Waals surface area (Å²) in [6, 6.07) is 0. The van der Waals surface area contributed by atoms with Crippen LogP contribution in [0.4, 0.5) is 0 Å². The van der Waals surface area contributed by atoms with Gasteiger partial charge in [-0.05, 0) is 7.05 Å². The lowest BCUT2D eigenvalue weighted by atomic mass is 10.2. The summed E-state index contributed by atoms with van der Waals surface area (Å²) >= 11 is 0. The number of nitrogens with two attached hydrogens (primary N) is 2. The first-order valence-corrected chi connectivity index (χ1v) is 6.94. The number of guanidine groups is 1. The third-order valence-electron chi connectivity index (χ3n) is 2.71. The van der Waals surface area contributed by atoms with Crippen molar-refractivity contribution in [3.8, 4) is 0 Å². The maximum atomic E-state index is 11.3. The summed E-state index contributed by atoms with van der Waals surface area (Å²) in [5.74, 6) is -0.269. The molecule has 1 atom stereocenters. The highest BCUT2D eigenvalue weighted by Crippen LogP contribution is 2.00. The van der Waals surface area contributed by atoms with Crippen LogP contribution in [0, 0.1) is 5.92 Å². The largest absolute Gasteiger partial charge is 0.469 e. The van der Waals surface area contributed by atoms with Gasteiger partial charge in [-0.2, -0.15) is 0 Å². The molecule has 0 amide bonds. The van der Waals surface area contributed by atoms with Crippen molar-refractivity contribution in [1.29, 1.82) is 0 Å². The summed E-state index contributed by atoms with van der Waals surface area (Å²) in [5, 5.41) is 0. The van der Waals surface area contributed by atoms with Crippen molar-refractivity contribution in [1.82, 2.24) is 4.90 Å². The van der Waals surface area contributed by atoms with E-state index in [1.165, 1.54) is 7.11 Å². The van der Waals surface area contributed by atoms with Crippen molar-refractivity contribution in [3.05, 3.63) is 0 Å². The first-order chi connectivity index (χ1) is 9.97. The second kappa shape index (κ2) is 12.4. The molecule has 0 saturated carbocycles. The molecule has 0 spiro atoms. The lowest BCUT2D eigenvalue weighted by Crippen LogP contribution is -2.32. The van der Waals surface area contributed by atoms with E-state index in [1.807, 2.05) is 18.9 Å². The summed E-state index contributed by atoms with van der Waals surface area (Å²) < 4.78 is 15.4. The van der Waals surface area contributed by atoms with Gasteiger partial charge in [-0.1, -0.05) is 6.92 Å². The highest BCUT2D eigenvalue weighted by molar-refractivity contribution is 5.75. The van der Waals surface area contributed by atoms with Gasteiger partial charge < -0.3 is 30.6 Å². The van der Waals surface area contributed by atoms with Gasteiger partial charge in [0.15, 0.2) is 5.96 Å². The minimum atomic E-state index is -0.197. The maximum Gasteiger partial charge on any atom is 0.309 e. The molecule has 0 aromatic heterocycles. The molecular formula is C13H28N4O4. The summed E-state index contributed by atoms with van der Waals surface area (Å²) in [7, 11) is 3.34. The number of likely N-dealkylation sites (N-methyl/N-ethyl adjacent to an activating group) is 1. The lowest BCUT2D eigenvalue weighted by Gasteiger charge is -2.19. The highest BCUT2D eigenvalue weighted by Gasteiger charge is 2.14. The number of aliphatic imine (C=N–C) groups is 1. The second-order valence-electron chi connectivity index (χ2n) is 4.72. The number of esters is 1. The smallest absolute Gasteiger partial charge is 0.309 e. The van der Waals surface area contributed by atoms with Gasteiger partial charge in [-0.3, -0.25) is 9.79 Å². The van der Waals surface area contributed by atoms with E-state index in [9.17, 15) is 4.79 Å². The number of hydrogen-bond acceptors (Lipinski definition) is 6. The van der Waals surface area contributed by atoms with Gasteiger partial charge in [0.2, 0.25) is 0 Å². The highest BCUT2D eigenvalue weighted by atomic mass is 16.5. The number of nitrogens with zero attached hydrogens (tertiary/aromatic N) is 2. The second-order valence-corrected chi connectivity index (χ2v) is 4.72. The normalized spacial score (nSPS) is 12.2. The van der Waals surface area contributed by atoms with Gasteiger partial charge in [-0.25, -0.2) is 0 Å². The molecule has 0 rings (SSSR count). The van der Waals surface area contributed by atoms with Crippen LogP contribution in [0.25, 0.3) is 0 Å². The van der Waals surface area contributed by atoms with Gasteiger partial charge >= 0.3 is 5.97 Å². The van der Waals surface area contributed by atoms with Gasteiger partial charge in [0, 0.05) is 13.1 Å². The van der Waals surface area contributed by atoms with Gasteiger partial charge in [0.25, 0.3) is 0 Å². The third kappa shape index (κ3) is 12.1. The molecule has 0 saturated heterocycles. The molecule has 0 aliphatic carbocycles. The van der Waals surface area contributed by atoms with Crippen molar-refractivity contribution in [2.24, 2.45) is 22.4 Å². The Morgan fingerprint density at radius 2 is 1.81 bits per heavy atom. The topological polar surface area (TPSA) is 112 Å². The Balaban J connectivity index is 3.42. The average Bonchev–Trinajstić information content (AvgIpc) is 2.44. The number of hydrogen-bond donors (Lipinski definition) is 2. The fraction of sp³-hybridized carbons (Fsp3) is 0.846. The third-order valence-corrected chi connectivity index (χ3v) is 2.71. The maximum absolute atomic E-state index is 11.3. The summed E-state index contributed by atoms with van der Waals surface area (Å²) in [6.45, 7) is 5.76. The van der Waals surface area contributed by atoms with Crippen LogP contribution in [0.1, 0.15) is 6.92 Å². The molecule has 0 aliphatic heterocycles. The molecule has 0 aliphatic rings. The molecule has 0 fully saturated rings. The van der Waals surface area contributed by atoms with Crippen molar-refractivity contribution in [3.63, 3.8) is 0 Å². The molecule has 8 heteroatoms. The van der Waals surface area contributed by atoms with Crippen LogP contribution in [-0.4, -0.2) is 77.0 Å². The number of carbonyl (C=O) groups excluding carboxylic acids is 1. The molecule has 0 aromatic carbocycles. The Morgan fingerprint density at radius 3 is 2.38 bits per heavy atom. The van der Waals surface area contributed by atoms with Crippen LogP contribution >= 0.6 is 0 Å². The van der Waals surface area contributed by atoms with E-state index >= 15 is 0 Å². The van der Waals surface area contributed by atoms with Crippen LogP contribution in [0.3, 0.4) is 0 Å². The zero-order chi connectivity index (χ0) is 16.1. The predicted octanol–water partition coefficient (Wildman–Crippen LogP) is -0.966. The zero-order valence-electron chi connectivity index (χ0n) is 13.2. The van der Waals surface area contributed by atoms with Crippen LogP contribution < -0.4 is 11.5 Å². The Bertz CT molecular complexity index is 309. The fourth-order valence-corrected chi connectivity index (χ4v) is 1.62. The SMILES string of the molecule is COC(=O)C(C)CN(C)CCOCCOCCN=C(N)N. The number of ether oxygens (including phenoxy) is 3. The molecule has 1 unspecified atom stereocenters. The van der Waals surface area contributed by atoms with Gasteiger partial charge in [0.05, 0.1) is 46.0 Å². The minimum absolute atomic E-state index is 0.0686. The fourth-order valence-electron chi connectivity index (χ4n) is 1.62. The number of rotatable bonds is 12. The van der Waals surface area contributed by atoms with E-state index in [4.69, 9.17) is 20.9 Å². The Kier molecular flexibility index (Phi) is 11.6. The monoisotopic (exact) mass is 304 g/mol. The Morgan fingerprint density at radius 1 is 1.19 bits per heavy atom. The minimum Gasteiger partial charge on any atom is -0.469 e. The van der Waals surface area contributed by atoms with Crippen LogP contribution in [0.2, 0.25) is 0 Å². The zero-order valence-corrected chi connectivity index (χ0v) is 13.2. The molecule has 0 aromatic rings. The first kappa shape index (κ1) is 19.6.